The highest BCUT2D eigenvalue weighted by molar-refractivity contribution is 5.51. The molecule has 0 spiro atoms. The number of halogens is 4. The van der Waals surface area contributed by atoms with Gasteiger partial charge >= 0.3 is 6.18 Å². The second kappa shape index (κ2) is 10.8. The average molecular weight is 427 g/mol. The molecule has 0 aromatic heterocycles. The average Bonchev–Trinajstić information content (AvgIpc) is 2.73. The van der Waals surface area contributed by atoms with Crippen LogP contribution < -0.4 is 0 Å². The molecule has 2 atom stereocenters. The first-order chi connectivity index (χ1) is 14.4. The van der Waals surface area contributed by atoms with Crippen LogP contribution in [0.5, 0.6) is 0 Å². The number of benzene rings is 1. The zero-order valence-corrected chi connectivity index (χ0v) is 17.9. The summed E-state index contributed by atoms with van der Waals surface area (Å²) in [6.07, 6.45) is 8.79. The molecule has 30 heavy (non-hydrogen) atoms. The van der Waals surface area contributed by atoms with E-state index in [1.807, 2.05) is 0 Å². The van der Waals surface area contributed by atoms with E-state index in [-0.39, 0.29) is 17.7 Å². The fourth-order valence-corrected chi connectivity index (χ4v) is 5.10. The summed E-state index contributed by atoms with van der Waals surface area (Å²) >= 11 is 0. The monoisotopic (exact) mass is 426 g/mol. The Balaban J connectivity index is 1.47. The number of hydrogen-bond donors (Lipinski definition) is 0. The minimum Gasteiger partial charge on any atom is -0.373 e. The van der Waals surface area contributed by atoms with E-state index in [1.165, 1.54) is 63.5 Å². The molecule has 5 heteroatoms. The number of rotatable bonds is 7. The number of ether oxygens (including phenoxy) is 1. The third kappa shape index (κ3) is 6.83. The van der Waals surface area contributed by atoms with Gasteiger partial charge in [-0.3, -0.25) is 0 Å². The number of hydrogen-bond acceptors (Lipinski definition) is 1. The summed E-state index contributed by atoms with van der Waals surface area (Å²) in [4.78, 5) is 0. The summed E-state index contributed by atoms with van der Waals surface area (Å²) in [6, 6.07) is 4.41. The fourth-order valence-electron chi connectivity index (χ4n) is 5.10. The van der Waals surface area contributed by atoms with E-state index >= 15 is 0 Å². The minimum atomic E-state index is -4.44. The van der Waals surface area contributed by atoms with Crippen molar-refractivity contribution in [3.63, 3.8) is 0 Å². The van der Waals surface area contributed by atoms with Crippen LogP contribution in [0, 0.1) is 23.6 Å². The molecule has 0 amide bonds. The summed E-state index contributed by atoms with van der Waals surface area (Å²) in [5.41, 5.74) is 0.662. The van der Waals surface area contributed by atoms with Crippen LogP contribution in [0.1, 0.15) is 88.4 Å². The standard InChI is InChI=1S/C25H34F4O/c1-2-3-4-5-18-6-8-19(9-7-18)22-12-13-24(30-17-22)21-11-10-20(23(26)16-21)14-15-25(27,28)29/h10-11,14-16,18-19,22,24H,2-9,12-13,17H2,1H3/b15-14+. The van der Waals surface area contributed by atoms with Gasteiger partial charge in [0.05, 0.1) is 12.7 Å². The van der Waals surface area contributed by atoms with Crippen LogP contribution in [0.25, 0.3) is 6.08 Å². The van der Waals surface area contributed by atoms with Crippen molar-refractivity contribution in [1.82, 2.24) is 0 Å². The maximum Gasteiger partial charge on any atom is 0.409 e. The summed E-state index contributed by atoms with van der Waals surface area (Å²) < 4.78 is 57.2. The van der Waals surface area contributed by atoms with Crippen molar-refractivity contribution in [2.24, 2.45) is 17.8 Å². The Kier molecular flexibility index (Phi) is 8.38. The molecule has 0 bridgehead atoms. The van der Waals surface area contributed by atoms with Gasteiger partial charge in [-0.1, -0.05) is 57.6 Å². The lowest BCUT2D eigenvalue weighted by molar-refractivity contribution is -0.0790. The van der Waals surface area contributed by atoms with Crippen LogP contribution in [-0.2, 0) is 4.74 Å². The first kappa shape index (κ1) is 23.3. The Morgan fingerprint density at radius 2 is 1.73 bits per heavy atom. The van der Waals surface area contributed by atoms with E-state index in [0.29, 0.717) is 12.5 Å². The molecule has 1 aromatic carbocycles. The molecule has 1 saturated heterocycles. The molecule has 2 aliphatic rings. The van der Waals surface area contributed by atoms with Crippen LogP contribution in [0.4, 0.5) is 17.6 Å². The van der Waals surface area contributed by atoms with Gasteiger partial charge in [-0.05, 0) is 61.1 Å². The van der Waals surface area contributed by atoms with Gasteiger partial charge in [0.1, 0.15) is 5.82 Å². The summed E-state index contributed by atoms with van der Waals surface area (Å²) in [6.45, 7) is 2.95. The molecule has 1 nitrogen and oxygen atoms in total. The Morgan fingerprint density at radius 3 is 2.33 bits per heavy atom. The molecule has 2 fully saturated rings. The Labute approximate surface area is 177 Å². The molecule has 168 valence electrons. The number of unbranched alkanes of at least 4 members (excludes halogenated alkanes) is 2. The van der Waals surface area contributed by atoms with Gasteiger partial charge in [-0.15, -0.1) is 0 Å². The summed E-state index contributed by atoms with van der Waals surface area (Å²) in [5.74, 6) is 1.58. The van der Waals surface area contributed by atoms with Crippen LogP contribution in [0.2, 0.25) is 0 Å². The van der Waals surface area contributed by atoms with Gasteiger partial charge in [0, 0.05) is 11.6 Å². The molecule has 1 heterocycles. The molecule has 1 aromatic rings. The van der Waals surface area contributed by atoms with Crippen molar-refractivity contribution in [3.8, 4) is 0 Å². The van der Waals surface area contributed by atoms with Crippen LogP contribution in [0.15, 0.2) is 24.3 Å². The van der Waals surface area contributed by atoms with Gasteiger partial charge in [0.2, 0.25) is 0 Å². The Morgan fingerprint density at radius 1 is 1.00 bits per heavy atom. The smallest absolute Gasteiger partial charge is 0.373 e. The predicted octanol–water partition coefficient (Wildman–Crippen LogP) is 8.26. The van der Waals surface area contributed by atoms with Crippen molar-refractivity contribution in [3.05, 3.63) is 41.2 Å². The van der Waals surface area contributed by atoms with E-state index in [4.69, 9.17) is 4.74 Å². The van der Waals surface area contributed by atoms with Gasteiger partial charge in [-0.25, -0.2) is 4.39 Å². The van der Waals surface area contributed by atoms with E-state index in [1.54, 1.807) is 6.07 Å². The zero-order chi connectivity index (χ0) is 21.6. The Bertz CT molecular complexity index is 681. The molecular weight excluding hydrogens is 392 g/mol. The fraction of sp³-hybridized carbons (Fsp3) is 0.680. The first-order valence-corrected chi connectivity index (χ1v) is 11.5. The lowest BCUT2D eigenvalue weighted by atomic mass is 9.72. The first-order valence-electron chi connectivity index (χ1n) is 11.5. The molecule has 3 rings (SSSR count). The zero-order valence-electron chi connectivity index (χ0n) is 17.9. The van der Waals surface area contributed by atoms with Crippen LogP contribution in [0.3, 0.4) is 0 Å². The lowest BCUT2D eigenvalue weighted by Gasteiger charge is -2.38. The van der Waals surface area contributed by atoms with Gasteiger partial charge < -0.3 is 4.74 Å². The van der Waals surface area contributed by atoms with Crippen molar-refractivity contribution >= 4 is 6.08 Å². The summed E-state index contributed by atoms with van der Waals surface area (Å²) in [7, 11) is 0. The predicted molar refractivity (Wildman–Crippen MR) is 112 cm³/mol. The van der Waals surface area contributed by atoms with Crippen molar-refractivity contribution in [1.29, 1.82) is 0 Å². The highest BCUT2D eigenvalue weighted by atomic mass is 19.4. The Hall–Kier alpha value is -1.36. The van der Waals surface area contributed by atoms with Gasteiger partial charge in [0.25, 0.3) is 0 Å². The van der Waals surface area contributed by atoms with Gasteiger partial charge in [-0.2, -0.15) is 13.2 Å². The molecule has 1 aliphatic carbocycles. The second-order valence-corrected chi connectivity index (χ2v) is 9.09. The van der Waals surface area contributed by atoms with E-state index in [0.717, 1.165) is 36.3 Å². The lowest BCUT2D eigenvalue weighted by Crippen LogP contribution is -2.29. The van der Waals surface area contributed by atoms with Crippen LogP contribution in [-0.4, -0.2) is 12.8 Å². The highest BCUT2D eigenvalue weighted by Crippen LogP contribution is 2.41. The van der Waals surface area contributed by atoms with E-state index in [2.05, 4.69) is 6.92 Å². The molecule has 0 radical (unpaired) electrons. The maximum absolute atomic E-state index is 14.2. The maximum atomic E-state index is 14.2. The molecule has 2 unspecified atom stereocenters. The quantitative estimate of drug-likeness (QED) is 0.315. The van der Waals surface area contributed by atoms with E-state index < -0.39 is 12.0 Å². The van der Waals surface area contributed by atoms with Crippen LogP contribution >= 0.6 is 0 Å². The molecule has 1 saturated carbocycles. The second-order valence-electron chi connectivity index (χ2n) is 9.09. The molecular formula is C25H34F4O. The van der Waals surface area contributed by atoms with E-state index in [9.17, 15) is 17.6 Å². The largest absolute Gasteiger partial charge is 0.409 e. The van der Waals surface area contributed by atoms with Crippen molar-refractivity contribution < 1.29 is 22.3 Å². The number of alkyl halides is 3. The SMILES string of the molecule is CCCCCC1CCC(C2CCC(c3ccc(/C=C/C(F)(F)F)c(F)c3)OC2)CC1. The van der Waals surface area contributed by atoms with Gasteiger partial charge in [0.15, 0.2) is 0 Å². The minimum absolute atomic E-state index is 0.0551. The van der Waals surface area contributed by atoms with Crippen molar-refractivity contribution in [2.75, 3.05) is 6.61 Å². The third-order valence-corrected chi connectivity index (χ3v) is 6.93. The number of allylic oxidation sites excluding steroid dienone is 1. The topological polar surface area (TPSA) is 9.23 Å². The molecule has 1 aliphatic heterocycles. The highest BCUT2D eigenvalue weighted by Gasteiger charge is 2.32. The normalized spacial score (nSPS) is 28.2. The van der Waals surface area contributed by atoms with Crippen molar-refractivity contribution in [2.45, 2.75) is 83.4 Å². The molecule has 0 N–H and O–H groups in total. The summed E-state index contributed by atoms with van der Waals surface area (Å²) in [5, 5.41) is 0. The third-order valence-electron chi connectivity index (χ3n) is 6.93.